The molecule has 9 aromatic carbocycles. The van der Waals surface area contributed by atoms with E-state index in [0.717, 1.165) is 79.3 Å². The number of aromatic nitrogens is 1. The van der Waals surface area contributed by atoms with Gasteiger partial charge in [0.1, 0.15) is 0 Å². The molecular formula is C82H67BrF12N12O8. The second kappa shape index (κ2) is 34.5. The number of pyridine rings is 1. The van der Waals surface area contributed by atoms with Crippen LogP contribution in [-0.4, -0.2) is 89.1 Å². The lowest BCUT2D eigenvalue weighted by atomic mass is 10.0. The number of anilines is 10. The minimum Gasteiger partial charge on any atom is -0.294 e. The van der Waals surface area contributed by atoms with Gasteiger partial charge >= 0.3 is 66.9 Å². The molecule has 0 atom stereocenters. The van der Waals surface area contributed by atoms with Crippen LogP contribution in [0.25, 0.3) is 11.1 Å². The Morgan fingerprint density at radius 1 is 0.339 bits per heavy atom. The highest BCUT2D eigenvalue weighted by Gasteiger charge is 2.44. The third kappa shape index (κ3) is 18.2. The van der Waals surface area contributed by atoms with Gasteiger partial charge in [0.15, 0.2) is 0 Å². The molecule has 0 saturated carbocycles. The number of urea groups is 7. The highest BCUT2D eigenvalue weighted by molar-refractivity contribution is 9.10. The second-order valence-electron chi connectivity index (χ2n) is 25.5. The lowest BCUT2D eigenvalue weighted by molar-refractivity contribution is -0.138. The molecular weight excluding hydrogens is 1590 g/mol. The molecule has 0 fully saturated rings. The van der Waals surface area contributed by atoms with E-state index in [9.17, 15) is 91.0 Å². The van der Waals surface area contributed by atoms with E-state index >= 15 is 0 Å². The molecule has 115 heavy (non-hydrogen) atoms. The Bertz CT molecular complexity index is 5300. The first-order valence-corrected chi connectivity index (χ1v) is 36.1. The summed E-state index contributed by atoms with van der Waals surface area (Å²) in [4.78, 5) is 118. The number of hydrogen-bond donors (Lipinski definition) is 2. The first-order chi connectivity index (χ1) is 54.7. The smallest absolute Gasteiger partial charge is 0.294 e. The largest absolute Gasteiger partial charge is 0.416 e. The Kier molecular flexibility index (Phi) is 24.9. The van der Waals surface area contributed by atoms with Gasteiger partial charge in [0, 0.05) is 48.7 Å². The molecule has 0 spiro atoms. The minimum atomic E-state index is -4.63. The number of amides is 15. The maximum Gasteiger partial charge on any atom is 0.416 e. The van der Waals surface area contributed by atoms with Gasteiger partial charge < -0.3 is 0 Å². The lowest BCUT2D eigenvalue weighted by Crippen LogP contribution is -2.47. The summed E-state index contributed by atoms with van der Waals surface area (Å²) < 4.78 is 160. The number of carbonyl (C=O) groups is 8. The third-order valence-corrected chi connectivity index (χ3v) is 19.2. The van der Waals surface area contributed by atoms with Crippen LogP contribution in [0.2, 0.25) is 0 Å². The molecule has 4 aliphatic rings. The van der Waals surface area contributed by atoms with Gasteiger partial charge in [-0.2, -0.15) is 52.7 Å². The van der Waals surface area contributed by atoms with Gasteiger partial charge in [-0.05, 0) is 183 Å². The first kappa shape index (κ1) is 82.9. The van der Waals surface area contributed by atoms with Gasteiger partial charge in [0.05, 0.1) is 93.0 Å². The Hall–Kier alpha value is -13.1. The summed E-state index contributed by atoms with van der Waals surface area (Å²) in [5.41, 5.74) is 1.72. The molecule has 33 heteroatoms. The van der Waals surface area contributed by atoms with Crippen LogP contribution < -0.4 is 44.9 Å². The molecule has 0 radical (unpaired) electrons. The number of para-hydroxylation sites is 3. The van der Waals surface area contributed by atoms with E-state index in [1.165, 1.54) is 48.8 Å². The Morgan fingerprint density at radius 3 is 1.11 bits per heavy atom. The van der Waals surface area contributed by atoms with E-state index in [2.05, 4.69) is 31.5 Å². The summed E-state index contributed by atoms with van der Waals surface area (Å²) in [6.07, 6.45) is -15.2. The Morgan fingerprint density at radius 2 is 0.687 bits per heavy atom. The van der Waals surface area contributed by atoms with Crippen LogP contribution >= 0.6 is 15.9 Å². The fourth-order valence-electron chi connectivity index (χ4n) is 13.0. The maximum absolute atomic E-state index is 14.1. The number of fused-ring (bicyclic) bond motifs is 4. The number of hydrogen-bond acceptors (Lipinski definition) is 9. The van der Waals surface area contributed by atoms with E-state index in [1.54, 1.807) is 149 Å². The van der Waals surface area contributed by atoms with Crippen molar-refractivity contribution in [3.05, 3.63) is 280 Å². The van der Waals surface area contributed by atoms with Gasteiger partial charge in [-0.25, -0.2) is 43.4 Å². The number of alkyl halides is 12. The molecule has 1 aromatic heterocycles. The topological polar surface area (TPSA) is 203 Å². The lowest BCUT2D eigenvalue weighted by Gasteiger charge is -2.28. The zero-order chi connectivity index (χ0) is 83.0. The van der Waals surface area contributed by atoms with Crippen LogP contribution in [0.4, 0.5) is 143 Å². The summed E-state index contributed by atoms with van der Waals surface area (Å²) in [6, 6.07) is 50.4. The molecule has 0 aliphatic carbocycles. The summed E-state index contributed by atoms with van der Waals surface area (Å²) in [5, 5.41) is 4.30. The molecule has 15 amide bonds. The molecule has 594 valence electrons. The first-order valence-electron chi connectivity index (χ1n) is 35.3. The van der Waals surface area contributed by atoms with Crippen molar-refractivity contribution in [1.82, 2.24) is 25.4 Å². The monoisotopic (exact) mass is 1650 g/mol. The standard InChI is InChI=1S/C29H23F3N4O2.C24H19BrF3N3O2.C17H14F3N3O2.C12H11F3N2O2/c1-2-34-25-13-12-22(29(30,31)32)18-26(25)36(23-9-4-3-5-10-23)28(38)35(27(34)37)19-21-8-6-7-11-24(21)20-14-16-33-17-15-20;1-2-29-20-13-12-17(24(26,27)28)14-21(20)31(18-9-4-3-5-10-18)23(33)30(22(29)32)15-16-8-6-7-11-19(16)25;1-2-22-13-9-8-11(17(18,19)20)10-14(13)23(16(25)21-15(22)24)12-6-4-3-5-7-12;1-2-17-9-4-3-8(12(13,14)15)5-7(9)6-10(18)16-11(17)19/h3-18H,2,19H2,1H3;3-14H,2,15H2,1H3;3-10H,2H2,1H3,(H,21,24,25);3-5H,2,6H2,1H3,(H,16,18,19). The molecule has 5 heterocycles. The van der Waals surface area contributed by atoms with Crippen LogP contribution in [0.3, 0.4) is 0 Å². The van der Waals surface area contributed by atoms with E-state index in [-0.39, 0.29) is 85.4 Å². The predicted molar refractivity (Wildman–Crippen MR) is 411 cm³/mol. The SMILES string of the molecule is CCN1C(=O)N(Cc2ccccc2-c2ccncc2)C(=O)N(c2ccccc2)c2cc(C(F)(F)F)ccc21.CCN1C(=O)N(Cc2ccccc2Br)C(=O)N(c2ccccc2)c2cc(C(F)(F)F)ccc21.CCN1C(=O)NC(=O)Cc2cc(C(F)(F)F)ccc21.CCN1C(=O)NC(=O)N(c2ccccc2)c2cc(C(F)(F)F)ccc21. The van der Waals surface area contributed by atoms with Gasteiger partial charge in [0.2, 0.25) is 5.91 Å². The highest BCUT2D eigenvalue weighted by atomic mass is 79.9. The van der Waals surface area contributed by atoms with E-state index in [0.29, 0.717) is 38.3 Å². The van der Waals surface area contributed by atoms with Crippen molar-refractivity contribution in [3.63, 3.8) is 0 Å². The average Bonchev–Trinajstić information content (AvgIpc) is 1.64. The van der Waals surface area contributed by atoms with Crippen molar-refractivity contribution in [1.29, 1.82) is 0 Å². The number of nitrogens with one attached hydrogen (secondary N) is 2. The van der Waals surface area contributed by atoms with Crippen LogP contribution in [-0.2, 0) is 49.0 Å². The highest BCUT2D eigenvalue weighted by Crippen LogP contribution is 2.47. The maximum atomic E-state index is 14.1. The summed E-state index contributed by atoms with van der Waals surface area (Å²) in [6.45, 7) is 7.39. The molecule has 4 aliphatic heterocycles. The Labute approximate surface area is 658 Å². The van der Waals surface area contributed by atoms with Crippen molar-refractivity contribution < 1.29 is 91.0 Å². The number of imide groups is 4. The van der Waals surface area contributed by atoms with Gasteiger partial charge in [-0.15, -0.1) is 0 Å². The predicted octanol–water partition coefficient (Wildman–Crippen LogP) is 21.5. The average molecular weight is 1660 g/mol. The van der Waals surface area contributed by atoms with Crippen LogP contribution in [0.15, 0.2) is 241 Å². The Balaban J connectivity index is 0.000000156. The van der Waals surface area contributed by atoms with Crippen LogP contribution in [0, 0.1) is 0 Å². The zero-order valence-electron chi connectivity index (χ0n) is 61.1. The van der Waals surface area contributed by atoms with Crippen molar-refractivity contribution in [2.24, 2.45) is 0 Å². The van der Waals surface area contributed by atoms with Crippen molar-refractivity contribution in [3.8, 4) is 11.1 Å². The molecule has 0 saturated heterocycles. The van der Waals surface area contributed by atoms with Gasteiger partial charge in [-0.3, -0.25) is 54.7 Å². The molecule has 20 nitrogen and oxygen atoms in total. The van der Waals surface area contributed by atoms with Crippen molar-refractivity contribution in [2.75, 3.05) is 60.5 Å². The molecule has 0 unspecified atom stereocenters. The second-order valence-corrected chi connectivity index (χ2v) is 26.3. The van der Waals surface area contributed by atoms with Crippen molar-refractivity contribution in [2.45, 2.75) is 71.9 Å². The minimum absolute atomic E-state index is 0.00812. The number of carbonyl (C=O) groups excluding carboxylic acids is 8. The normalized spacial score (nSPS) is 14.6. The molecule has 2 N–H and O–H groups in total. The summed E-state index contributed by atoms with van der Waals surface area (Å²) >= 11 is 3.43. The van der Waals surface area contributed by atoms with Crippen molar-refractivity contribution >= 4 is 121 Å². The number of halogens is 13. The zero-order valence-corrected chi connectivity index (χ0v) is 62.7. The van der Waals surface area contributed by atoms with E-state index < -0.39 is 95.1 Å². The molecule has 10 aromatic rings. The number of rotatable bonds is 12. The van der Waals surface area contributed by atoms with Crippen LogP contribution in [0.5, 0.6) is 0 Å². The van der Waals surface area contributed by atoms with Gasteiger partial charge in [0.25, 0.3) is 0 Å². The fourth-order valence-corrected chi connectivity index (χ4v) is 13.4. The quantitative estimate of drug-likeness (QED) is 0.112. The van der Waals surface area contributed by atoms with Gasteiger partial charge in [-0.1, -0.05) is 113 Å². The molecule has 0 bridgehead atoms. The fraction of sp³-hybridized carbons (Fsp3) is 0.183. The van der Waals surface area contributed by atoms with E-state index in [1.807, 2.05) is 42.5 Å². The number of nitrogens with zero attached hydrogens (tertiary/aromatic N) is 10. The molecule has 14 rings (SSSR count). The summed E-state index contributed by atoms with van der Waals surface area (Å²) in [5.74, 6) is -0.610. The van der Waals surface area contributed by atoms with E-state index in [4.69, 9.17) is 0 Å². The summed E-state index contributed by atoms with van der Waals surface area (Å²) in [7, 11) is 0. The number of benzene rings is 9. The van der Waals surface area contributed by atoms with Crippen LogP contribution in [0.1, 0.15) is 66.6 Å². The third-order valence-electron chi connectivity index (χ3n) is 18.4.